The molecule has 96 valence electrons. The minimum Gasteiger partial charge on any atom is -0.508 e. The third kappa shape index (κ3) is 2.52. The number of phenols is 1. The summed E-state index contributed by atoms with van der Waals surface area (Å²) in [7, 11) is 0. The van der Waals surface area contributed by atoms with Gasteiger partial charge in [-0.2, -0.15) is 0 Å². The van der Waals surface area contributed by atoms with Crippen LogP contribution in [0.1, 0.15) is 11.3 Å². The van der Waals surface area contributed by atoms with Gasteiger partial charge in [-0.25, -0.2) is 4.98 Å². The monoisotopic (exact) mass is 254 g/mol. The van der Waals surface area contributed by atoms with Crippen LogP contribution in [0.2, 0.25) is 0 Å². The molecule has 0 spiro atoms. The molecule has 1 aromatic carbocycles. The molecule has 1 N–H and O–H groups in total. The molecule has 4 heteroatoms. The van der Waals surface area contributed by atoms with E-state index in [1.807, 2.05) is 48.0 Å². The Morgan fingerprint density at radius 2 is 2.16 bits per heavy atom. The van der Waals surface area contributed by atoms with Crippen molar-refractivity contribution in [3.8, 4) is 11.5 Å². The zero-order chi connectivity index (χ0) is 13.2. The first kappa shape index (κ1) is 11.6. The largest absolute Gasteiger partial charge is 0.508 e. The van der Waals surface area contributed by atoms with E-state index in [9.17, 15) is 5.11 Å². The van der Waals surface area contributed by atoms with Gasteiger partial charge in [0.2, 0.25) is 0 Å². The SMILES string of the molecule is Cc1cc(O)cc(OCc2cn3ccccc3n2)c1. The number of rotatable bonds is 3. The van der Waals surface area contributed by atoms with Crippen molar-refractivity contribution in [3.63, 3.8) is 0 Å². The summed E-state index contributed by atoms with van der Waals surface area (Å²) in [5, 5.41) is 9.51. The minimum absolute atomic E-state index is 0.213. The van der Waals surface area contributed by atoms with Crippen LogP contribution in [0.4, 0.5) is 0 Å². The predicted molar refractivity (Wildman–Crippen MR) is 72.4 cm³/mol. The third-order valence-corrected chi connectivity index (χ3v) is 2.84. The van der Waals surface area contributed by atoms with E-state index in [-0.39, 0.29) is 5.75 Å². The van der Waals surface area contributed by atoms with E-state index in [0.717, 1.165) is 16.9 Å². The summed E-state index contributed by atoms with van der Waals surface area (Å²) >= 11 is 0. The van der Waals surface area contributed by atoms with Crippen LogP contribution in [0.3, 0.4) is 0 Å². The van der Waals surface area contributed by atoms with Crippen molar-refractivity contribution < 1.29 is 9.84 Å². The molecule has 3 rings (SSSR count). The Kier molecular flexibility index (Phi) is 2.83. The number of benzene rings is 1. The smallest absolute Gasteiger partial charge is 0.137 e. The highest BCUT2D eigenvalue weighted by Gasteiger charge is 2.03. The lowest BCUT2D eigenvalue weighted by Gasteiger charge is -2.05. The van der Waals surface area contributed by atoms with Gasteiger partial charge >= 0.3 is 0 Å². The zero-order valence-corrected chi connectivity index (χ0v) is 10.6. The summed E-state index contributed by atoms with van der Waals surface area (Å²) in [5.41, 5.74) is 2.71. The van der Waals surface area contributed by atoms with Crippen molar-refractivity contribution in [2.75, 3.05) is 0 Å². The molecule has 0 bridgehead atoms. The van der Waals surface area contributed by atoms with Gasteiger partial charge in [-0.15, -0.1) is 0 Å². The van der Waals surface area contributed by atoms with E-state index in [4.69, 9.17) is 4.74 Å². The molecule has 0 saturated heterocycles. The maximum absolute atomic E-state index is 9.51. The zero-order valence-electron chi connectivity index (χ0n) is 10.6. The van der Waals surface area contributed by atoms with Gasteiger partial charge in [-0.3, -0.25) is 0 Å². The Labute approximate surface area is 110 Å². The molecule has 0 aliphatic carbocycles. The molecule has 0 radical (unpaired) electrons. The van der Waals surface area contributed by atoms with Gasteiger partial charge in [0.15, 0.2) is 0 Å². The normalized spacial score (nSPS) is 10.8. The average molecular weight is 254 g/mol. The Bertz CT molecular complexity index is 666. The Morgan fingerprint density at radius 1 is 1.26 bits per heavy atom. The lowest BCUT2D eigenvalue weighted by atomic mass is 10.2. The van der Waals surface area contributed by atoms with Crippen LogP contribution in [0.25, 0.3) is 5.65 Å². The van der Waals surface area contributed by atoms with Gasteiger partial charge in [0.1, 0.15) is 23.8 Å². The van der Waals surface area contributed by atoms with Crippen LogP contribution in [0.5, 0.6) is 11.5 Å². The lowest BCUT2D eigenvalue weighted by molar-refractivity contribution is 0.300. The van der Waals surface area contributed by atoms with Gasteiger partial charge in [0.25, 0.3) is 0 Å². The van der Waals surface area contributed by atoms with E-state index >= 15 is 0 Å². The molecule has 2 heterocycles. The summed E-state index contributed by atoms with van der Waals surface area (Å²) in [6, 6.07) is 11.0. The van der Waals surface area contributed by atoms with Crippen molar-refractivity contribution in [3.05, 3.63) is 60.0 Å². The van der Waals surface area contributed by atoms with Gasteiger partial charge in [0, 0.05) is 18.5 Å². The first-order valence-corrected chi connectivity index (χ1v) is 6.07. The molecular weight excluding hydrogens is 240 g/mol. The van der Waals surface area contributed by atoms with Crippen LogP contribution in [-0.4, -0.2) is 14.5 Å². The maximum atomic E-state index is 9.51. The van der Waals surface area contributed by atoms with Crippen LogP contribution in [0, 0.1) is 6.92 Å². The minimum atomic E-state index is 0.213. The molecule has 0 aliphatic rings. The summed E-state index contributed by atoms with van der Waals surface area (Å²) < 4.78 is 7.60. The van der Waals surface area contributed by atoms with Gasteiger partial charge in [0.05, 0.1) is 5.69 Å². The number of aromatic nitrogens is 2. The number of ether oxygens (including phenoxy) is 1. The second kappa shape index (κ2) is 4.65. The fraction of sp³-hybridized carbons (Fsp3) is 0.133. The number of aryl methyl sites for hydroxylation is 1. The highest BCUT2D eigenvalue weighted by atomic mass is 16.5. The number of phenolic OH excluding ortho intramolecular Hbond substituents is 1. The van der Waals surface area contributed by atoms with Gasteiger partial charge in [-0.1, -0.05) is 6.07 Å². The second-order valence-electron chi connectivity index (χ2n) is 4.49. The number of aromatic hydroxyl groups is 1. The van der Waals surface area contributed by atoms with E-state index in [0.29, 0.717) is 12.4 Å². The first-order valence-electron chi connectivity index (χ1n) is 6.07. The Morgan fingerprint density at radius 3 is 2.95 bits per heavy atom. The Hall–Kier alpha value is -2.49. The van der Waals surface area contributed by atoms with E-state index in [1.54, 1.807) is 12.1 Å². The third-order valence-electron chi connectivity index (χ3n) is 2.84. The molecule has 0 unspecified atom stereocenters. The number of fused-ring (bicyclic) bond motifs is 1. The summed E-state index contributed by atoms with van der Waals surface area (Å²) in [6.07, 6.45) is 3.88. The molecular formula is C15H14N2O2. The summed E-state index contributed by atoms with van der Waals surface area (Å²) in [5.74, 6) is 0.861. The molecule has 4 nitrogen and oxygen atoms in total. The van der Waals surface area contributed by atoms with Gasteiger partial charge < -0.3 is 14.2 Å². The highest BCUT2D eigenvalue weighted by Crippen LogP contribution is 2.22. The molecule has 0 amide bonds. The number of hydrogen-bond donors (Lipinski definition) is 1. The Balaban J connectivity index is 1.78. The first-order chi connectivity index (χ1) is 9.20. The molecule has 3 aromatic rings. The molecule has 19 heavy (non-hydrogen) atoms. The summed E-state index contributed by atoms with van der Waals surface area (Å²) in [4.78, 5) is 4.45. The van der Waals surface area contributed by atoms with Crippen molar-refractivity contribution in [1.29, 1.82) is 0 Å². The van der Waals surface area contributed by atoms with E-state index in [1.165, 1.54) is 0 Å². The summed E-state index contributed by atoms with van der Waals surface area (Å²) in [6.45, 7) is 2.29. The fourth-order valence-electron chi connectivity index (χ4n) is 2.03. The molecule has 0 fully saturated rings. The van der Waals surface area contributed by atoms with Crippen LogP contribution in [0.15, 0.2) is 48.8 Å². The fourth-order valence-corrected chi connectivity index (χ4v) is 2.03. The van der Waals surface area contributed by atoms with Crippen LogP contribution >= 0.6 is 0 Å². The topological polar surface area (TPSA) is 46.8 Å². The molecule has 2 aromatic heterocycles. The molecule has 0 atom stereocenters. The van der Waals surface area contributed by atoms with Crippen LogP contribution in [-0.2, 0) is 6.61 Å². The number of hydrogen-bond acceptors (Lipinski definition) is 3. The highest BCUT2D eigenvalue weighted by molar-refractivity contribution is 5.40. The van der Waals surface area contributed by atoms with Crippen LogP contribution < -0.4 is 4.74 Å². The second-order valence-corrected chi connectivity index (χ2v) is 4.49. The van der Waals surface area contributed by atoms with Crippen molar-refractivity contribution >= 4 is 5.65 Å². The number of nitrogens with zero attached hydrogens (tertiary/aromatic N) is 2. The number of imidazole rings is 1. The standard InChI is InChI=1S/C15H14N2O2/c1-11-6-13(18)8-14(7-11)19-10-12-9-17-5-3-2-4-15(17)16-12/h2-9,18H,10H2,1H3. The number of pyridine rings is 1. The van der Waals surface area contributed by atoms with E-state index in [2.05, 4.69) is 4.98 Å². The van der Waals surface area contributed by atoms with Crippen molar-refractivity contribution in [2.45, 2.75) is 13.5 Å². The average Bonchev–Trinajstić information content (AvgIpc) is 2.78. The lowest BCUT2D eigenvalue weighted by Crippen LogP contribution is -1.95. The van der Waals surface area contributed by atoms with Crippen molar-refractivity contribution in [2.24, 2.45) is 0 Å². The molecule has 0 aliphatic heterocycles. The van der Waals surface area contributed by atoms with Gasteiger partial charge in [-0.05, 0) is 36.8 Å². The van der Waals surface area contributed by atoms with E-state index < -0.39 is 0 Å². The quantitative estimate of drug-likeness (QED) is 0.781. The predicted octanol–water partition coefficient (Wildman–Crippen LogP) is 2.93. The molecule has 0 saturated carbocycles. The maximum Gasteiger partial charge on any atom is 0.137 e. The van der Waals surface area contributed by atoms with Crippen molar-refractivity contribution in [1.82, 2.24) is 9.38 Å².